The number of rotatable bonds is 6. The van der Waals surface area contributed by atoms with Crippen molar-refractivity contribution in [1.82, 2.24) is 20.4 Å². The van der Waals surface area contributed by atoms with Gasteiger partial charge in [-0.15, -0.1) is 0 Å². The molecule has 0 radical (unpaired) electrons. The van der Waals surface area contributed by atoms with E-state index >= 15 is 0 Å². The fourth-order valence-corrected chi connectivity index (χ4v) is 2.11. The summed E-state index contributed by atoms with van der Waals surface area (Å²) in [5, 5.41) is 15.0. The average Bonchev–Trinajstić information content (AvgIpc) is 3.12. The van der Waals surface area contributed by atoms with Crippen LogP contribution in [0.2, 0.25) is 0 Å². The zero-order valence-electron chi connectivity index (χ0n) is 13.0. The van der Waals surface area contributed by atoms with Crippen LogP contribution >= 0.6 is 0 Å². The first-order valence-corrected chi connectivity index (χ1v) is 7.48. The number of carboxylic acids is 1. The number of benzene rings is 1. The van der Waals surface area contributed by atoms with Gasteiger partial charge in [0.25, 0.3) is 11.8 Å². The number of aromatic nitrogens is 3. The molecule has 2 aromatic heterocycles. The molecule has 0 aliphatic rings. The van der Waals surface area contributed by atoms with Crippen molar-refractivity contribution in [3.05, 3.63) is 54.4 Å². The maximum absolute atomic E-state index is 11.9. The monoisotopic (exact) mass is 338 g/mol. The summed E-state index contributed by atoms with van der Waals surface area (Å²) in [6.45, 7) is 0.0794. The molecular weight excluding hydrogens is 324 g/mol. The van der Waals surface area contributed by atoms with E-state index in [9.17, 15) is 9.59 Å². The Balaban J connectivity index is 1.69. The van der Waals surface area contributed by atoms with E-state index in [1.54, 1.807) is 48.8 Å². The Hall–Kier alpha value is -3.55. The molecular formula is C17H14N4O4. The van der Waals surface area contributed by atoms with Crippen molar-refractivity contribution in [1.29, 1.82) is 0 Å². The number of carbonyl (C=O) groups excluding carboxylic acids is 1. The van der Waals surface area contributed by atoms with Crippen LogP contribution in [0.5, 0.6) is 0 Å². The molecule has 3 rings (SSSR count). The molecule has 0 bridgehead atoms. The van der Waals surface area contributed by atoms with Gasteiger partial charge >= 0.3 is 5.97 Å². The van der Waals surface area contributed by atoms with Gasteiger partial charge in [0.05, 0.1) is 6.42 Å². The van der Waals surface area contributed by atoms with Crippen molar-refractivity contribution in [2.45, 2.75) is 6.42 Å². The van der Waals surface area contributed by atoms with Crippen LogP contribution in [0.1, 0.15) is 16.8 Å². The van der Waals surface area contributed by atoms with Crippen LogP contribution in [0.15, 0.2) is 53.3 Å². The van der Waals surface area contributed by atoms with Gasteiger partial charge in [-0.2, -0.15) is 4.98 Å². The van der Waals surface area contributed by atoms with Crippen LogP contribution in [0.25, 0.3) is 22.8 Å². The number of pyridine rings is 1. The molecule has 0 saturated heterocycles. The predicted molar refractivity (Wildman–Crippen MR) is 87.6 cm³/mol. The first kappa shape index (κ1) is 16.3. The number of hydrogen-bond donors (Lipinski definition) is 2. The third kappa shape index (κ3) is 4.05. The fourth-order valence-electron chi connectivity index (χ4n) is 2.11. The maximum Gasteiger partial charge on any atom is 0.305 e. The summed E-state index contributed by atoms with van der Waals surface area (Å²) in [5.74, 6) is -0.506. The molecule has 0 saturated carbocycles. The third-order valence-electron chi connectivity index (χ3n) is 3.38. The Morgan fingerprint density at radius 3 is 2.44 bits per heavy atom. The molecule has 0 aliphatic heterocycles. The normalized spacial score (nSPS) is 10.4. The summed E-state index contributed by atoms with van der Waals surface area (Å²) in [6, 6.07) is 10.2. The van der Waals surface area contributed by atoms with E-state index in [4.69, 9.17) is 9.63 Å². The SMILES string of the molecule is O=C(O)CCNC(=O)c1ccc(-c2noc(-c3ccncc3)n2)cc1. The van der Waals surface area contributed by atoms with Crippen LogP contribution < -0.4 is 5.32 Å². The minimum Gasteiger partial charge on any atom is -0.481 e. The van der Waals surface area contributed by atoms with Gasteiger partial charge in [-0.05, 0) is 24.3 Å². The van der Waals surface area contributed by atoms with Crippen molar-refractivity contribution >= 4 is 11.9 Å². The minimum atomic E-state index is -0.960. The highest BCUT2D eigenvalue weighted by Gasteiger charge is 2.12. The molecule has 0 spiro atoms. The van der Waals surface area contributed by atoms with Gasteiger partial charge in [-0.1, -0.05) is 17.3 Å². The van der Waals surface area contributed by atoms with Crippen LogP contribution in [-0.4, -0.2) is 38.7 Å². The van der Waals surface area contributed by atoms with Gasteiger partial charge in [0, 0.05) is 35.6 Å². The van der Waals surface area contributed by atoms with E-state index in [1.807, 2.05) is 0 Å². The molecule has 0 atom stereocenters. The van der Waals surface area contributed by atoms with Crippen LogP contribution in [0, 0.1) is 0 Å². The first-order chi connectivity index (χ1) is 12.1. The highest BCUT2D eigenvalue weighted by atomic mass is 16.5. The maximum atomic E-state index is 11.9. The van der Waals surface area contributed by atoms with Crippen molar-refractivity contribution < 1.29 is 19.2 Å². The third-order valence-corrected chi connectivity index (χ3v) is 3.38. The van der Waals surface area contributed by atoms with E-state index in [0.29, 0.717) is 22.8 Å². The lowest BCUT2D eigenvalue weighted by atomic mass is 10.1. The molecule has 0 fully saturated rings. The van der Waals surface area contributed by atoms with E-state index in [1.165, 1.54) is 0 Å². The topological polar surface area (TPSA) is 118 Å². The molecule has 8 heteroatoms. The molecule has 0 unspecified atom stereocenters. The largest absolute Gasteiger partial charge is 0.481 e. The lowest BCUT2D eigenvalue weighted by Gasteiger charge is -2.03. The summed E-state index contributed by atoms with van der Waals surface area (Å²) in [7, 11) is 0. The van der Waals surface area contributed by atoms with E-state index < -0.39 is 5.97 Å². The van der Waals surface area contributed by atoms with E-state index in [2.05, 4.69) is 20.4 Å². The number of carbonyl (C=O) groups is 2. The van der Waals surface area contributed by atoms with Crippen molar-refractivity contribution in [3.63, 3.8) is 0 Å². The lowest BCUT2D eigenvalue weighted by Crippen LogP contribution is -2.25. The van der Waals surface area contributed by atoms with Gasteiger partial charge in [0.2, 0.25) is 5.82 Å². The quantitative estimate of drug-likeness (QED) is 0.705. The standard InChI is InChI=1S/C17H14N4O4/c22-14(23)7-10-19-16(24)12-3-1-11(2-4-12)15-20-17(25-21-15)13-5-8-18-9-6-13/h1-6,8-9H,7,10H2,(H,19,24)(H,22,23). The predicted octanol–water partition coefficient (Wildman–Crippen LogP) is 2.00. The van der Waals surface area contributed by atoms with Gasteiger partial charge in [-0.25, -0.2) is 0 Å². The fraction of sp³-hybridized carbons (Fsp3) is 0.118. The molecule has 2 heterocycles. The van der Waals surface area contributed by atoms with E-state index in [0.717, 1.165) is 5.56 Å². The highest BCUT2D eigenvalue weighted by molar-refractivity contribution is 5.94. The number of hydrogen-bond acceptors (Lipinski definition) is 6. The molecule has 0 aliphatic carbocycles. The zero-order chi connectivity index (χ0) is 17.6. The molecule has 1 amide bonds. The summed E-state index contributed by atoms with van der Waals surface area (Å²) in [4.78, 5) is 30.6. The lowest BCUT2D eigenvalue weighted by molar-refractivity contribution is -0.136. The van der Waals surface area contributed by atoms with Gasteiger partial charge < -0.3 is 14.9 Å². The summed E-state index contributed by atoms with van der Waals surface area (Å²) in [5.41, 5.74) is 1.89. The first-order valence-electron chi connectivity index (χ1n) is 7.48. The number of carboxylic acid groups (broad SMARTS) is 1. The van der Waals surface area contributed by atoms with Crippen LogP contribution in [0.3, 0.4) is 0 Å². The second kappa shape index (κ2) is 7.35. The van der Waals surface area contributed by atoms with Gasteiger partial charge in [0.15, 0.2) is 0 Å². The molecule has 126 valence electrons. The number of amides is 1. The highest BCUT2D eigenvalue weighted by Crippen LogP contribution is 2.21. The van der Waals surface area contributed by atoms with Crippen molar-refractivity contribution in [2.75, 3.05) is 6.54 Å². The second-order valence-electron chi connectivity index (χ2n) is 5.14. The summed E-state index contributed by atoms with van der Waals surface area (Å²) >= 11 is 0. The molecule has 2 N–H and O–H groups in total. The average molecular weight is 338 g/mol. The number of nitrogens with zero attached hydrogens (tertiary/aromatic N) is 3. The number of aliphatic carboxylic acids is 1. The Morgan fingerprint density at radius 1 is 1.04 bits per heavy atom. The molecule has 3 aromatic rings. The Labute approximate surface area is 142 Å². The summed E-state index contributed by atoms with van der Waals surface area (Å²) < 4.78 is 5.23. The van der Waals surface area contributed by atoms with Crippen LogP contribution in [-0.2, 0) is 4.79 Å². The molecule has 8 nitrogen and oxygen atoms in total. The summed E-state index contributed by atoms with van der Waals surface area (Å²) in [6.07, 6.45) is 3.15. The number of nitrogens with one attached hydrogen (secondary N) is 1. The van der Waals surface area contributed by atoms with E-state index in [-0.39, 0.29) is 18.9 Å². The van der Waals surface area contributed by atoms with Crippen molar-refractivity contribution in [2.24, 2.45) is 0 Å². The Morgan fingerprint density at radius 2 is 1.76 bits per heavy atom. The smallest absolute Gasteiger partial charge is 0.305 e. The van der Waals surface area contributed by atoms with Crippen molar-refractivity contribution in [3.8, 4) is 22.8 Å². The second-order valence-corrected chi connectivity index (χ2v) is 5.14. The Kier molecular flexibility index (Phi) is 4.79. The van der Waals surface area contributed by atoms with Gasteiger partial charge in [0.1, 0.15) is 0 Å². The minimum absolute atomic E-state index is 0.0794. The molecule has 25 heavy (non-hydrogen) atoms. The van der Waals surface area contributed by atoms with Crippen LogP contribution in [0.4, 0.5) is 0 Å². The van der Waals surface area contributed by atoms with Gasteiger partial charge in [-0.3, -0.25) is 14.6 Å². The molecule has 1 aromatic carbocycles. The zero-order valence-corrected chi connectivity index (χ0v) is 13.0. The Bertz CT molecular complexity index is 875.